The summed E-state index contributed by atoms with van der Waals surface area (Å²) in [5, 5.41) is 0. The van der Waals surface area contributed by atoms with Gasteiger partial charge in [0, 0.05) is 13.1 Å². The van der Waals surface area contributed by atoms with Gasteiger partial charge in [-0.25, -0.2) is 8.42 Å². The van der Waals surface area contributed by atoms with E-state index in [0.29, 0.717) is 30.3 Å². The van der Waals surface area contributed by atoms with E-state index in [1.807, 2.05) is 13.8 Å². The monoisotopic (exact) mass is 327 g/mol. The summed E-state index contributed by atoms with van der Waals surface area (Å²) < 4.78 is 38.0. The Labute approximate surface area is 133 Å². The Morgan fingerprint density at radius 1 is 1.18 bits per heavy atom. The van der Waals surface area contributed by atoms with Crippen LogP contribution in [0.4, 0.5) is 0 Å². The van der Waals surface area contributed by atoms with E-state index < -0.39 is 10.0 Å². The third-order valence-electron chi connectivity index (χ3n) is 3.61. The van der Waals surface area contributed by atoms with E-state index in [-0.39, 0.29) is 12.2 Å². The third-order valence-corrected chi connectivity index (χ3v) is 5.46. The van der Waals surface area contributed by atoms with Crippen LogP contribution >= 0.6 is 0 Å². The Morgan fingerprint density at radius 2 is 1.77 bits per heavy atom. The van der Waals surface area contributed by atoms with Gasteiger partial charge in [0.2, 0.25) is 10.0 Å². The van der Waals surface area contributed by atoms with Gasteiger partial charge >= 0.3 is 0 Å². The molecule has 0 unspecified atom stereocenters. The minimum absolute atomic E-state index is 0.0878. The van der Waals surface area contributed by atoms with Crippen LogP contribution in [-0.2, 0) is 14.8 Å². The van der Waals surface area contributed by atoms with E-state index in [4.69, 9.17) is 9.47 Å². The summed E-state index contributed by atoms with van der Waals surface area (Å²) in [4.78, 5) is 0.302. The zero-order valence-electron chi connectivity index (χ0n) is 13.5. The first-order valence-corrected chi connectivity index (χ1v) is 9.26. The first kappa shape index (κ1) is 17.2. The van der Waals surface area contributed by atoms with Gasteiger partial charge in [-0.05, 0) is 44.5 Å². The predicted octanol–water partition coefficient (Wildman–Crippen LogP) is 2.66. The zero-order valence-corrected chi connectivity index (χ0v) is 14.3. The predicted molar refractivity (Wildman–Crippen MR) is 85.6 cm³/mol. The van der Waals surface area contributed by atoms with Gasteiger partial charge in [0.25, 0.3) is 0 Å². The van der Waals surface area contributed by atoms with Crippen LogP contribution < -0.4 is 4.74 Å². The fourth-order valence-electron chi connectivity index (χ4n) is 2.52. The lowest BCUT2D eigenvalue weighted by atomic mass is 10.3. The van der Waals surface area contributed by atoms with Gasteiger partial charge in [-0.1, -0.05) is 13.3 Å². The molecule has 1 aliphatic rings. The smallest absolute Gasteiger partial charge is 0.243 e. The highest BCUT2D eigenvalue weighted by Gasteiger charge is 2.32. The van der Waals surface area contributed by atoms with Crippen LogP contribution in [0.2, 0.25) is 0 Å². The Bertz CT molecular complexity index is 560. The Balaban J connectivity index is 2.09. The molecule has 0 amide bonds. The van der Waals surface area contributed by atoms with E-state index in [0.717, 1.165) is 12.8 Å². The van der Waals surface area contributed by atoms with Crippen molar-refractivity contribution in [3.63, 3.8) is 0 Å². The van der Waals surface area contributed by atoms with Crippen LogP contribution in [-0.4, -0.2) is 44.6 Å². The number of hydrogen-bond donors (Lipinski definition) is 0. The van der Waals surface area contributed by atoms with Crippen LogP contribution in [0.3, 0.4) is 0 Å². The quantitative estimate of drug-likeness (QED) is 0.754. The molecule has 2 rings (SSSR count). The molecule has 1 saturated heterocycles. The Hall–Kier alpha value is -1.11. The van der Waals surface area contributed by atoms with Crippen molar-refractivity contribution in [3.8, 4) is 5.75 Å². The number of nitrogens with zero attached hydrogens (tertiary/aromatic N) is 1. The first-order chi connectivity index (χ1) is 10.4. The van der Waals surface area contributed by atoms with E-state index in [1.54, 1.807) is 24.3 Å². The fraction of sp³-hybridized carbons (Fsp3) is 0.625. The average Bonchev–Trinajstić information content (AvgIpc) is 2.47. The minimum Gasteiger partial charge on any atom is -0.494 e. The minimum atomic E-state index is -3.47. The molecule has 0 N–H and O–H groups in total. The summed E-state index contributed by atoms with van der Waals surface area (Å²) >= 11 is 0. The maximum absolute atomic E-state index is 12.7. The molecular formula is C16H25NO4S. The molecule has 0 spiro atoms. The number of hydrogen-bond acceptors (Lipinski definition) is 4. The molecule has 0 aliphatic carbocycles. The summed E-state index contributed by atoms with van der Waals surface area (Å²) in [6, 6.07) is 6.66. The van der Waals surface area contributed by atoms with Gasteiger partial charge < -0.3 is 9.47 Å². The molecular weight excluding hydrogens is 302 g/mol. The molecule has 6 heteroatoms. The third kappa shape index (κ3) is 4.21. The molecule has 0 radical (unpaired) electrons. The summed E-state index contributed by atoms with van der Waals surface area (Å²) in [6.07, 6.45) is 1.88. The number of sulfonamides is 1. The highest BCUT2D eigenvalue weighted by molar-refractivity contribution is 7.89. The van der Waals surface area contributed by atoms with Gasteiger partial charge in [-0.3, -0.25) is 0 Å². The van der Waals surface area contributed by atoms with Crippen LogP contribution in [0, 0.1) is 0 Å². The second kappa shape index (κ2) is 7.44. The van der Waals surface area contributed by atoms with E-state index in [9.17, 15) is 8.42 Å². The molecule has 1 aromatic rings. The van der Waals surface area contributed by atoms with Crippen LogP contribution in [0.15, 0.2) is 29.2 Å². The summed E-state index contributed by atoms with van der Waals surface area (Å²) in [5.41, 5.74) is 0. The lowest BCUT2D eigenvalue weighted by Gasteiger charge is -2.34. The van der Waals surface area contributed by atoms with Crippen molar-refractivity contribution < 1.29 is 17.9 Å². The van der Waals surface area contributed by atoms with Crippen LogP contribution in [0.5, 0.6) is 5.75 Å². The molecule has 2 atom stereocenters. The van der Waals surface area contributed by atoms with Crippen molar-refractivity contribution >= 4 is 10.0 Å². The summed E-state index contributed by atoms with van der Waals surface area (Å²) in [6.45, 7) is 7.32. The molecule has 1 aromatic carbocycles. The SMILES string of the molecule is CCCCOc1ccc(S(=O)(=O)N2C[C@@H](C)O[C@@H](C)C2)cc1. The summed E-state index contributed by atoms with van der Waals surface area (Å²) in [7, 11) is -3.47. The first-order valence-electron chi connectivity index (χ1n) is 7.82. The molecule has 0 bridgehead atoms. The molecule has 1 fully saturated rings. The molecule has 1 aliphatic heterocycles. The standard InChI is InChI=1S/C16H25NO4S/c1-4-5-10-20-15-6-8-16(9-7-15)22(18,19)17-11-13(2)21-14(3)12-17/h6-9,13-14H,4-5,10-12H2,1-3H3/t13-,14+. The van der Waals surface area contributed by atoms with Crippen LogP contribution in [0.25, 0.3) is 0 Å². The average molecular weight is 327 g/mol. The van der Waals surface area contributed by atoms with Gasteiger partial charge in [-0.2, -0.15) is 4.31 Å². The normalized spacial score (nSPS) is 23.4. The van der Waals surface area contributed by atoms with Crippen molar-refractivity contribution in [2.24, 2.45) is 0 Å². The van der Waals surface area contributed by atoms with Crippen molar-refractivity contribution in [2.45, 2.75) is 50.7 Å². The fourth-order valence-corrected chi connectivity index (χ4v) is 4.11. The molecule has 124 valence electrons. The Morgan fingerprint density at radius 3 is 2.32 bits per heavy atom. The topological polar surface area (TPSA) is 55.8 Å². The van der Waals surface area contributed by atoms with Crippen molar-refractivity contribution in [1.82, 2.24) is 4.31 Å². The lowest BCUT2D eigenvalue weighted by molar-refractivity contribution is -0.0440. The van der Waals surface area contributed by atoms with E-state index in [2.05, 4.69) is 6.92 Å². The second-order valence-electron chi connectivity index (χ2n) is 5.75. The number of benzene rings is 1. The number of ether oxygens (including phenoxy) is 2. The largest absolute Gasteiger partial charge is 0.494 e. The molecule has 5 nitrogen and oxygen atoms in total. The van der Waals surface area contributed by atoms with Crippen molar-refractivity contribution in [3.05, 3.63) is 24.3 Å². The maximum atomic E-state index is 12.7. The highest BCUT2D eigenvalue weighted by Crippen LogP contribution is 2.23. The van der Waals surface area contributed by atoms with Gasteiger partial charge in [0.15, 0.2) is 0 Å². The van der Waals surface area contributed by atoms with Crippen LogP contribution in [0.1, 0.15) is 33.6 Å². The molecule has 0 aromatic heterocycles. The summed E-state index contributed by atoms with van der Waals surface area (Å²) in [5.74, 6) is 0.705. The van der Waals surface area contributed by atoms with E-state index in [1.165, 1.54) is 4.31 Å². The molecule has 0 saturated carbocycles. The van der Waals surface area contributed by atoms with Gasteiger partial charge in [0.05, 0.1) is 23.7 Å². The zero-order chi connectivity index (χ0) is 16.2. The second-order valence-corrected chi connectivity index (χ2v) is 7.69. The lowest BCUT2D eigenvalue weighted by Crippen LogP contribution is -2.48. The molecule has 1 heterocycles. The number of morpholine rings is 1. The number of rotatable bonds is 6. The maximum Gasteiger partial charge on any atom is 0.243 e. The van der Waals surface area contributed by atoms with E-state index >= 15 is 0 Å². The number of unbranched alkanes of at least 4 members (excludes halogenated alkanes) is 1. The molecule has 22 heavy (non-hydrogen) atoms. The Kier molecular flexibility index (Phi) is 5.83. The van der Waals surface area contributed by atoms with Gasteiger partial charge in [0.1, 0.15) is 5.75 Å². The van der Waals surface area contributed by atoms with Crippen molar-refractivity contribution in [1.29, 1.82) is 0 Å². The highest BCUT2D eigenvalue weighted by atomic mass is 32.2. The van der Waals surface area contributed by atoms with Gasteiger partial charge in [-0.15, -0.1) is 0 Å². The van der Waals surface area contributed by atoms with Crippen molar-refractivity contribution in [2.75, 3.05) is 19.7 Å².